The molecule has 1 aliphatic rings. The van der Waals surface area contributed by atoms with Crippen LogP contribution in [-0.4, -0.2) is 51.1 Å². The van der Waals surface area contributed by atoms with E-state index in [2.05, 4.69) is 10.0 Å². The van der Waals surface area contributed by atoms with Crippen LogP contribution in [0.15, 0.2) is 29.2 Å². The molecule has 0 bridgehead atoms. The van der Waals surface area contributed by atoms with Crippen LogP contribution >= 0.6 is 0 Å². The van der Waals surface area contributed by atoms with E-state index in [0.717, 1.165) is 19.3 Å². The summed E-state index contributed by atoms with van der Waals surface area (Å²) in [6.07, 6.45) is 2.46. The number of rotatable bonds is 7. The molecule has 1 heterocycles. The zero-order chi connectivity index (χ0) is 20.8. The van der Waals surface area contributed by atoms with Crippen LogP contribution in [0.4, 0.5) is 4.79 Å². The molecule has 158 valence electrons. The van der Waals surface area contributed by atoms with E-state index in [9.17, 15) is 13.2 Å². The Morgan fingerprint density at radius 1 is 1.18 bits per heavy atom. The number of piperidine rings is 1. The van der Waals surface area contributed by atoms with E-state index in [0.29, 0.717) is 32.0 Å². The minimum atomic E-state index is -3.55. The molecule has 8 heteroatoms. The summed E-state index contributed by atoms with van der Waals surface area (Å²) in [6, 6.07) is 6.42. The number of nitrogens with zero attached hydrogens (tertiary/aromatic N) is 1. The minimum absolute atomic E-state index is 0.0584. The molecule has 0 radical (unpaired) electrons. The van der Waals surface area contributed by atoms with Crippen molar-refractivity contribution in [2.75, 3.05) is 26.2 Å². The maximum absolute atomic E-state index is 12.5. The fourth-order valence-corrected chi connectivity index (χ4v) is 4.10. The Morgan fingerprint density at radius 3 is 2.32 bits per heavy atom. The summed E-state index contributed by atoms with van der Waals surface area (Å²) >= 11 is 0. The number of amides is 2. The topological polar surface area (TPSA) is 87.7 Å². The second-order valence-electron chi connectivity index (χ2n) is 8.28. The fourth-order valence-electron chi connectivity index (χ4n) is 2.99. The lowest BCUT2D eigenvalue weighted by molar-refractivity contribution is 0.163. The van der Waals surface area contributed by atoms with E-state index in [1.165, 1.54) is 0 Å². The van der Waals surface area contributed by atoms with Crippen molar-refractivity contribution in [2.45, 2.75) is 57.4 Å². The SMILES string of the molecule is CCCOc1ccc(S(=O)(=O)NCC2CCN(C(=O)NC(C)(C)C)CC2)cc1. The lowest BCUT2D eigenvalue weighted by Crippen LogP contribution is -2.51. The quantitative estimate of drug-likeness (QED) is 0.722. The molecule has 0 aromatic heterocycles. The van der Waals surface area contributed by atoms with Gasteiger partial charge in [-0.1, -0.05) is 6.92 Å². The Labute approximate surface area is 168 Å². The van der Waals surface area contributed by atoms with Crippen LogP contribution in [0.1, 0.15) is 47.0 Å². The first-order valence-electron chi connectivity index (χ1n) is 9.90. The number of benzene rings is 1. The Morgan fingerprint density at radius 2 is 1.79 bits per heavy atom. The van der Waals surface area contributed by atoms with Crippen LogP contribution in [-0.2, 0) is 10.0 Å². The number of carbonyl (C=O) groups excluding carboxylic acids is 1. The summed E-state index contributed by atoms with van der Waals surface area (Å²) in [4.78, 5) is 14.2. The van der Waals surface area contributed by atoms with Crippen LogP contribution in [0.2, 0.25) is 0 Å². The van der Waals surface area contributed by atoms with Gasteiger partial charge in [0.15, 0.2) is 0 Å². The van der Waals surface area contributed by atoms with Gasteiger partial charge in [0.2, 0.25) is 10.0 Å². The highest BCUT2D eigenvalue weighted by molar-refractivity contribution is 7.89. The lowest BCUT2D eigenvalue weighted by atomic mass is 9.97. The second kappa shape index (κ2) is 9.60. The van der Waals surface area contributed by atoms with E-state index < -0.39 is 10.0 Å². The van der Waals surface area contributed by atoms with Gasteiger partial charge in [-0.3, -0.25) is 0 Å². The Balaban J connectivity index is 1.81. The molecule has 1 fully saturated rings. The summed E-state index contributed by atoms with van der Waals surface area (Å²) in [6.45, 7) is 10.1. The van der Waals surface area contributed by atoms with Crippen LogP contribution in [0.5, 0.6) is 5.75 Å². The molecule has 7 nitrogen and oxygen atoms in total. The monoisotopic (exact) mass is 411 g/mol. The first-order chi connectivity index (χ1) is 13.1. The number of hydrogen-bond acceptors (Lipinski definition) is 4. The first kappa shape index (κ1) is 22.5. The van der Waals surface area contributed by atoms with E-state index in [1.54, 1.807) is 29.2 Å². The molecule has 1 aromatic carbocycles. The molecule has 0 spiro atoms. The molecule has 2 N–H and O–H groups in total. The molecular weight excluding hydrogens is 378 g/mol. The fraction of sp³-hybridized carbons (Fsp3) is 0.650. The summed E-state index contributed by atoms with van der Waals surface area (Å²) in [5.41, 5.74) is -0.263. The Hall–Kier alpha value is -1.80. The summed E-state index contributed by atoms with van der Waals surface area (Å²) in [5, 5.41) is 2.96. The number of carbonyl (C=O) groups is 1. The van der Waals surface area contributed by atoms with E-state index in [-0.39, 0.29) is 22.4 Å². The first-order valence-corrected chi connectivity index (χ1v) is 11.4. The number of hydrogen-bond donors (Lipinski definition) is 2. The van der Waals surface area contributed by atoms with Gasteiger partial charge < -0.3 is 15.0 Å². The Bertz CT molecular complexity index is 734. The molecule has 0 aliphatic carbocycles. The molecule has 0 unspecified atom stereocenters. The van der Waals surface area contributed by atoms with Crippen LogP contribution in [0, 0.1) is 5.92 Å². The predicted molar refractivity (Wildman–Crippen MR) is 110 cm³/mol. The predicted octanol–water partition coefficient (Wildman–Crippen LogP) is 2.97. The average Bonchev–Trinajstić information content (AvgIpc) is 2.64. The van der Waals surface area contributed by atoms with Crippen LogP contribution in [0.3, 0.4) is 0 Å². The van der Waals surface area contributed by atoms with Gasteiger partial charge in [-0.15, -0.1) is 0 Å². The van der Waals surface area contributed by atoms with Gasteiger partial charge in [0.25, 0.3) is 0 Å². The molecule has 1 saturated heterocycles. The number of sulfonamides is 1. The van der Waals surface area contributed by atoms with Gasteiger partial charge in [-0.2, -0.15) is 0 Å². The van der Waals surface area contributed by atoms with Gasteiger partial charge >= 0.3 is 6.03 Å². The maximum Gasteiger partial charge on any atom is 0.317 e. The normalized spacial score (nSPS) is 16.1. The molecule has 0 saturated carbocycles. The molecule has 1 aromatic rings. The lowest BCUT2D eigenvalue weighted by Gasteiger charge is -2.34. The number of likely N-dealkylation sites (tertiary alicyclic amines) is 1. The van der Waals surface area contributed by atoms with Crippen molar-refractivity contribution in [2.24, 2.45) is 5.92 Å². The smallest absolute Gasteiger partial charge is 0.317 e. The van der Waals surface area contributed by atoms with E-state index in [4.69, 9.17) is 4.74 Å². The third kappa shape index (κ3) is 6.98. The molecule has 2 rings (SSSR count). The molecule has 28 heavy (non-hydrogen) atoms. The Kier molecular flexibility index (Phi) is 7.71. The van der Waals surface area contributed by atoms with Crippen molar-refractivity contribution >= 4 is 16.1 Å². The largest absolute Gasteiger partial charge is 0.494 e. The number of nitrogens with one attached hydrogen (secondary N) is 2. The zero-order valence-corrected chi connectivity index (χ0v) is 18.1. The number of urea groups is 1. The standard InChI is InChI=1S/C20H33N3O4S/c1-5-14-27-17-6-8-18(9-7-17)28(25,26)21-15-16-10-12-23(13-11-16)19(24)22-20(2,3)4/h6-9,16,21H,5,10-15H2,1-4H3,(H,22,24). The second-order valence-corrected chi connectivity index (χ2v) is 10.0. The van der Waals surface area contributed by atoms with Crippen molar-refractivity contribution in [3.8, 4) is 5.75 Å². The van der Waals surface area contributed by atoms with Crippen molar-refractivity contribution in [3.63, 3.8) is 0 Å². The third-order valence-corrected chi connectivity index (χ3v) is 5.99. The molecule has 2 amide bonds. The average molecular weight is 412 g/mol. The van der Waals surface area contributed by atoms with E-state index in [1.807, 2.05) is 27.7 Å². The number of ether oxygens (including phenoxy) is 1. The van der Waals surface area contributed by atoms with Crippen LogP contribution < -0.4 is 14.8 Å². The van der Waals surface area contributed by atoms with Gasteiger partial charge in [-0.05, 0) is 70.2 Å². The third-order valence-electron chi connectivity index (χ3n) is 4.55. The van der Waals surface area contributed by atoms with Gasteiger partial charge in [-0.25, -0.2) is 17.9 Å². The van der Waals surface area contributed by atoms with Crippen molar-refractivity contribution in [1.29, 1.82) is 0 Å². The van der Waals surface area contributed by atoms with Gasteiger partial charge in [0, 0.05) is 25.2 Å². The highest BCUT2D eigenvalue weighted by Crippen LogP contribution is 2.19. The van der Waals surface area contributed by atoms with Gasteiger partial charge in [0.1, 0.15) is 5.75 Å². The molecule has 0 atom stereocenters. The molecular formula is C20H33N3O4S. The zero-order valence-electron chi connectivity index (χ0n) is 17.3. The van der Waals surface area contributed by atoms with Crippen molar-refractivity contribution in [3.05, 3.63) is 24.3 Å². The van der Waals surface area contributed by atoms with Crippen molar-refractivity contribution in [1.82, 2.24) is 14.9 Å². The highest BCUT2D eigenvalue weighted by Gasteiger charge is 2.26. The van der Waals surface area contributed by atoms with Crippen LogP contribution in [0.25, 0.3) is 0 Å². The maximum atomic E-state index is 12.5. The van der Waals surface area contributed by atoms with E-state index >= 15 is 0 Å². The van der Waals surface area contributed by atoms with Crippen molar-refractivity contribution < 1.29 is 17.9 Å². The highest BCUT2D eigenvalue weighted by atomic mass is 32.2. The molecule has 1 aliphatic heterocycles. The van der Waals surface area contributed by atoms with Gasteiger partial charge in [0.05, 0.1) is 11.5 Å². The minimum Gasteiger partial charge on any atom is -0.494 e. The summed E-state index contributed by atoms with van der Waals surface area (Å²) in [5.74, 6) is 0.891. The summed E-state index contributed by atoms with van der Waals surface area (Å²) < 4.78 is 33.2. The summed E-state index contributed by atoms with van der Waals surface area (Å²) in [7, 11) is -3.55.